The van der Waals surface area contributed by atoms with Gasteiger partial charge in [-0.2, -0.15) is 0 Å². The van der Waals surface area contributed by atoms with Gasteiger partial charge in [0.15, 0.2) is 0 Å². The smallest absolute Gasteiger partial charge is 0.0233 e. The molecule has 0 aliphatic carbocycles. The van der Waals surface area contributed by atoms with E-state index >= 15 is 0 Å². The molecule has 0 radical (unpaired) electrons. The monoisotopic (exact) mass is 231 g/mol. The minimum Gasteiger partial charge on any atom is -0.299 e. The molecular weight excluding hydrogens is 206 g/mol. The molecule has 1 saturated heterocycles. The van der Waals surface area contributed by atoms with E-state index < -0.39 is 0 Å². The Balaban J connectivity index is 1.83. The molecule has 94 valence electrons. The van der Waals surface area contributed by atoms with Crippen LogP contribution in [0.2, 0.25) is 0 Å². The Hall–Kier alpha value is -0.820. The van der Waals surface area contributed by atoms with Gasteiger partial charge in [0, 0.05) is 6.54 Å². The molecule has 2 rings (SSSR count). The van der Waals surface area contributed by atoms with Crippen molar-refractivity contribution in [2.24, 2.45) is 0 Å². The Morgan fingerprint density at radius 2 is 1.24 bits per heavy atom. The van der Waals surface area contributed by atoms with Crippen molar-refractivity contribution in [3.8, 4) is 0 Å². The van der Waals surface area contributed by atoms with Gasteiger partial charge in [-0.15, -0.1) is 0 Å². The molecule has 1 aromatic rings. The summed E-state index contributed by atoms with van der Waals surface area (Å²) in [5.41, 5.74) is 1.46. The van der Waals surface area contributed by atoms with Crippen LogP contribution in [-0.4, -0.2) is 18.0 Å². The van der Waals surface area contributed by atoms with E-state index in [2.05, 4.69) is 35.2 Å². The lowest BCUT2D eigenvalue weighted by atomic mass is 10.1. The van der Waals surface area contributed by atoms with Gasteiger partial charge in [0.25, 0.3) is 0 Å². The largest absolute Gasteiger partial charge is 0.299 e. The summed E-state index contributed by atoms with van der Waals surface area (Å²) in [6.07, 6.45) is 9.95. The summed E-state index contributed by atoms with van der Waals surface area (Å²) in [7, 11) is 0. The predicted octanol–water partition coefficient (Wildman–Crippen LogP) is 4.23. The summed E-state index contributed by atoms with van der Waals surface area (Å²) in [4.78, 5) is 2.64. The van der Waals surface area contributed by atoms with Gasteiger partial charge in [0.2, 0.25) is 0 Å². The summed E-state index contributed by atoms with van der Waals surface area (Å²) in [6.45, 7) is 3.71. The maximum atomic E-state index is 2.64. The molecule has 0 amide bonds. The fraction of sp³-hybridized carbons (Fsp3) is 0.625. The summed E-state index contributed by atoms with van der Waals surface area (Å²) >= 11 is 0. The number of hydrogen-bond acceptors (Lipinski definition) is 1. The van der Waals surface area contributed by atoms with Crippen molar-refractivity contribution in [2.75, 3.05) is 13.1 Å². The van der Waals surface area contributed by atoms with Gasteiger partial charge < -0.3 is 0 Å². The first kappa shape index (κ1) is 12.6. The summed E-state index contributed by atoms with van der Waals surface area (Å²) in [5, 5.41) is 0. The third-order valence-corrected chi connectivity index (χ3v) is 3.70. The summed E-state index contributed by atoms with van der Waals surface area (Å²) in [6, 6.07) is 10.9. The van der Waals surface area contributed by atoms with E-state index in [0.29, 0.717) is 0 Å². The second-order valence-corrected chi connectivity index (χ2v) is 5.24. The van der Waals surface area contributed by atoms with Crippen LogP contribution in [0.1, 0.15) is 50.5 Å². The van der Waals surface area contributed by atoms with E-state index in [4.69, 9.17) is 0 Å². The maximum absolute atomic E-state index is 2.64. The van der Waals surface area contributed by atoms with Crippen LogP contribution in [0.25, 0.3) is 0 Å². The van der Waals surface area contributed by atoms with Gasteiger partial charge >= 0.3 is 0 Å². The molecule has 1 aliphatic rings. The fourth-order valence-electron chi connectivity index (χ4n) is 2.67. The molecule has 1 fully saturated rings. The maximum Gasteiger partial charge on any atom is 0.0233 e. The quantitative estimate of drug-likeness (QED) is 0.736. The van der Waals surface area contributed by atoms with E-state index in [1.54, 1.807) is 0 Å². The Morgan fingerprint density at radius 1 is 0.706 bits per heavy atom. The average molecular weight is 231 g/mol. The second kappa shape index (κ2) is 7.50. The Bertz CT molecular complexity index is 284. The molecule has 0 unspecified atom stereocenters. The lowest BCUT2D eigenvalue weighted by molar-refractivity contribution is 0.247. The van der Waals surface area contributed by atoms with Gasteiger partial charge in [-0.25, -0.2) is 0 Å². The number of nitrogens with zero attached hydrogens (tertiary/aromatic N) is 1. The highest BCUT2D eigenvalue weighted by molar-refractivity contribution is 5.14. The number of benzene rings is 1. The molecule has 0 spiro atoms. The molecule has 17 heavy (non-hydrogen) atoms. The van der Waals surface area contributed by atoms with Crippen LogP contribution in [0.4, 0.5) is 0 Å². The van der Waals surface area contributed by atoms with E-state index in [9.17, 15) is 0 Å². The zero-order valence-corrected chi connectivity index (χ0v) is 10.9. The van der Waals surface area contributed by atoms with Crippen molar-refractivity contribution >= 4 is 0 Å². The standard InChI is InChI=1S/C16H25N/c1-2-4-9-13-17(14-10-5-3-1)15-16-11-7-6-8-12-16/h6-8,11-12H,1-5,9-10,13-15H2. The van der Waals surface area contributed by atoms with Gasteiger partial charge in [-0.3, -0.25) is 4.90 Å². The topological polar surface area (TPSA) is 3.24 Å². The highest BCUT2D eigenvalue weighted by atomic mass is 15.1. The molecule has 1 heteroatoms. The average Bonchev–Trinajstić information content (AvgIpc) is 2.38. The number of rotatable bonds is 2. The van der Waals surface area contributed by atoms with Crippen LogP contribution in [0.15, 0.2) is 30.3 Å². The first-order valence-corrected chi connectivity index (χ1v) is 7.21. The van der Waals surface area contributed by atoms with E-state index in [1.807, 2.05) is 0 Å². The SMILES string of the molecule is c1ccc(CN2CCCCCCCCC2)cc1. The molecule has 1 nitrogen and oxygen atoms in total. The van der Waals surface area contributed by atoms with Crippen molar-refractivity contribution in [1.82, 2.24) is 4.90 Å². The molecular formula is C16H25N. The predicted molar refractivity (Wildman–Crippen MR) is 74.0 cm³/mol. The third kappa shape index (κ3) is 4.91. The van der Waals surface area contributed by atoms with Crippen molar-refractivity contribution in [3.63, 3.8) is 0 Å². The van der Waals surface area contributed by atoms with Crippen molar-refractivity contribution in [1.29, 1.82) is 0 Å². The van der Waals surface area contributed by atoms with Crippen LogP contribution in [0, 0.1) is 0 Å². The third-order valence-electron chi connectivity index (χ3n) is 3.70. The van der Waals surface area contributed by atoms with E-state index in [0.717, 1.165) is 6.54 Å². The second-order valence-electron chi connectivity index (χ2n) is 5.24. The Kier molecular flexibility index (Phi) is 5.57. The lowest BCUT2D eigenvalue weighted by Gasteiger charge is -2.23. The molecule has 1 aliphatic heterocycles. The van der Waals surface area contributed by atoms with Crippen LogP contribution < -0.4 is 0 Å². The normalized spacial score (nSPS) is 20.0. The van der Waals surface area contributed by atoms with Gasteiger partial charge in [-0.05, 0) is 31.5 Å². The fourth-order valence-corrected chi connectivity index (χ4v) is 2.67. The van der Waals surface area contributed by atoms with Crippen molar-refractivity contribution in [2.45, 2.75) is 51.5 Å². The van der Waals surface area contributed by atoms with E-state index in [-0.39, 0.29) is 0 Å². The minimum atomic E-state index is 1.14. The van der Waals surface area contributed by atoms with Crippen molar-refractivity contribution < 1.29 is 0 Å². The zero-order valence-electron chi connectivity index (χ0n) is 10.9. The van der Waals surface area contributed by atoms with Crippen molar-refractivity contribution in [3.05, 3.63) is 35.9 Å². The molecule has 0 N–H and O–H groups in total. The van der Waals surface area contributed by atoms with Gasteiger partial charge in [0.05, 0.1) is 0 Å². The first-order valence-electron chi connectivity index (χ1n) is 7.21. The van der Waals surface area contributed by atoms with Gasteiger partial charge in [0.1, 0.15) is 0 Å². The van der Waals surface area contributed by atoms with Crippen LogP contribution >= 0.6 is 0 Å². The summed E-state index contributed by atoms with van der Waals surface area (Å²) < 4.78 is 0. The highest BCUT2D eigenvalue weighted by Gasteiger charge is 2.07. The lowest BCUT2D eigenvalue weighted by Crippen LogP contribution is -2.26. The minimum absolute atomic E-state index is 1.14. The summed E-state index contributed by atoms with van der Waals surface area (Å²) in [5.74, 6) is 0. The Morgan fingerprint density at radius 3 is 1.82 bits per heavy atom. The molecule has 0 bridgehead atoms. The zero-order chi connectivity index (χ0) is 11.8. The van der Waals surface area contributed by atoms with Crippen LogP contribution in [0.3, 0.4) is 0 Å². The molecule has 1 aromatic carbocycles. The molecule has 0 saturated carbocycles. The highest BCUT2D eigenvalue weighted by Crippen LogP contribution is 2.13. The first-order chi connectivity index (χ1) is 8.45. The molecule has 1 heterocycles. The Labute approximate surface area is 106 Å². The number of hydrogen-bond donors (Lipinski definition) is 0. The van der Waals surface area contributed by atoms with Crippen LogP contribution in [-0.2, 0) is 6.54 Å². The van der Waals surface area contributed by atoms with E-state index in [1.165, 1.54) is 63.6 Å². The van der Waals surface area contributed by atoms with Gasteiger partial charge in [-0.1, -0.05) is 62.4 Å². The van der Waals surface area contributed by atoms with Crippen LogP contribution in [0.5, 0.6) is 0 Å². The molecule has 0 aromatic heterocycles. The molecule has 0 atom stereocenters.